The van der Waals surface area contributed by atoms with Gasteiger partial charge in [-0.25, -0.2) is 13.2 Å². The number of amides is 1. The highest BCUT2D eigenvalue weighted by molar-refractivity contribution is 5.96. The van der Waals surface area contributed by atoms with Gasteiger partial charge in [0.15, 0.2) is 17.5 Å². The average molecular weight is 230 g/mol. The lowest BCUT2D eigenvalue weighted by Gasteiger charge is -2.01. The van der Waals surface area contributed by atoms with E-state index in [1.165, 1.54) is 7.05 Å². The van der Waals surface area contributed by atoms with Crippen molar-refractivity contribution < 1.29 is 18.0 Å². The molecule has 0 saturated carbocycles. The summed E-state index contributed by atoms with van der Waals surface area (Å²) in [6, 6.07) is 1.49. The summed E-state index contributed by atoms with van der Waals surface area (Å²) in [4.78, 5) is 11.0. The lowest BCUT2D eigenvalue weighted by molar-refractivity contribution is -0.117. The predicted molar refractivity (Wildman–Crippen MR) is 52.5 cm³/mol. The van der Waals surface area contributed by atoms with Crippen molar-refractivity contribution in [2.75, 3.05) is 7.05 Å². The van der Waals surface area contributed by atoms with Crippen molar-refractivity contribution in [1.82, 2.24) is 5.32 Å². The zero-order valence-corrected chi connectivity index (χ0v) is 8.35. The molecule has 0 heterocycles. The van der Waals surface area contributed by atoms with Crippen LogP contribution in [0, 0.1) is 17.5 Å². The maximum Gasteiger partial charge on any atom is 0.266 e. The van der Waals surface area contributed by atoms with Gasteiger partial charge < -0.3 is 11.1 Å². The molecule has 0 bridgehead atoms. The SMILES string of the molecule is CNC(=O)C(N)=Cc1cc(F)c(F)c(F)c1. The zero-order chi connectivity index (χ0) is 12.3. The van der Waals surface area contributed by atoms with Gasteiger partial charge in [0.05, 0.1) is 5.70 Å². The van der Waals surface area contributed by atoms with Crippen LogP contribution in [0.3, 0.4) is 0 Å². The largest absolute Gasteiger partial charge is 0.394 e. The molecule has 0 spiro atoms. The van der Waals surface area contributed by atoms with Crippen molar-refractivity contribution in [2.45, 2.75) is 0 Å². The molecule has 1 aromatic carbocycles. The Balaban J connectivity index is 3.12. The van der Waals surface area contributed by atoms with Crippen LogP contribution < -0.4 is 11.1 Å². The minimum Gasteiger partial charge on any atom is -0.394 e. The molecular formula is C10H9F3N2O. The van der Waals surface area contributed by atoms with Crippen LogP contribution in [0.25, 0.3) is 6.08 Å². The number of nitrogens with two attached hydrogens (primary N) is 1. The standard InChI is InChI=1S/C10H9F3N2O/c1-15-10(16)8(14)4-5-2-6(11)9(13)7(12)3-5/h2-4H,14H2,1H3,(H,15,16). The van der Waals surface area contributed by atoms with E-state index < -0.39 is 23.4 Å². The molecule has 0 aliphatic rings. The summed E-state index contributed by atoms with van der Waals surface area (Å²) in [6.07, 6.45) is 1.05. The monoisotopic (exact) mass is 230 g/mol. The molecule has 0 atom stereocenters. The predicted octanol–water partition coefficient (Wildman–Crippen LogP) is 1.15. The number of halogens is 3. The Morgan fingerprint density at radius 3 is 2.25 bits per heavy atom. The number of rotatable bonds is 2. The summed E-state index contributed by atoms with van der Waals surface area (Å²) in [5.41, 5.74) is 5.05. The third-order valence-corrected chi connectivity index (χ3v) is 1.82. The maximum atomic E-state index is 12.8. The van der Waals surface area contributed by atoms with E-state index in [9.17, 15) is 18.0 Å². The van der Waals surface area contributed by atoms with Crippen molar-refractivity contribution in [1.29, 1.82) is 0 Å². The number of hydrogen-bond donors (Lipinski definition) is 2. The first kappa shape index (κ1) is 12.1. The molecule has 16 heavy (non-hydrogen) atoms. The van der Waals surface area contributed by atoms with E-state index in [0.29, 0.717) is 0 Å². The van der Waals surface area contributed by atoms with Gasteiger partial charge in [0.1, 0.15) is 0 Å². The molecule has 1 amide bonds. The van der Waals surface area contributed by atoms with Crippen LogP contribution in [-0.2, 0) is 4.79 Å². The fraction of sp³-hybridized carbons (Fsp3) is 0.100. The van der Waals surface area contributed by atoms with Crippen molar-refractivity contribution in [3.8, 4) is 0 Å². The Morgan fingerprint density at radius 2 is 1.81 bits per heavy atom. The van der Waals surface area contributed by atoms with E-state index in [1.807, 2.05) is 0 Å². The molecule has 3 N–H and O–H groups in total. The summed E-state index contributed by atoms with van der Waals surface area (Å²) in [5.74, 6) is -4.83. The molecule has 0 radical (unpaired) electrons. The van der Waals surface area contributed by atoms with E-state index in [1.54, 1.807) is 0 Å². The van der Waals surface area contributed by atoms with Crippen LogP contribution in [0.15, 0.2) is 17.8 Å². The fourth-order valence-electron chi connectivity index (χ4n) is 1.05. The van der Waals surface area contributed by atoms with Gasteiger partial charge in [0.2, 0.25) is 0 Å². The minimum absolute atomic E-state index is 0.0301. The number of benzene rings is 1. The Hall–Kier alpha value is -1.98. The molecular weight excluding hydrogens is 221 g/mol. The van der Waals surface area contributed by atoms with Crippen LogP contribution in [0.2, 0.25) is 0 Å². The highest BCUT2D eigenvalue weighted by Gasteiger charge is 2.10. The first-order valence-electron chi connectivity index (χ1n) is 4.29. The smallest absolute Gasteiger partial charge is 0.266 e. The van der Waals surface area contributed by atoms with E-state index in [2.05, 4.69) is 5.32 Å². The summed E-state index contributed by atoms with van der Waals surface area (Å²) in [5, 5.41) is 2.23. The third kappa shape index (κ3) is 2.53. The van der Waals surface area contributed by atoms with Gasteiger partial charge >= 0.3 is 0 Å². The number of hydrogen-bond acceptors (Lipinski definition) is 2. The lowest BCUT2D eigenvalue weighted by atomic mass is 10.1. The van der Waals surface area contributed by atoms with Crippen LogP contribution in [-0.4, -0.2) is 13.0 Å². The Morgan fingerprint density at radius 1 is 1.31 bits per heavy atom. The van der Waals surface area contributed by atoms with Crippen LogP contribution >= 0.6 is 0 Å². The molecule has 0 unspecified atom stereocenters. The van der Waals surface area contributed by atoms with Crippen molar-refractivity contribution in [3.63, 3.8) is 0 Å². The molecule has 0 aliphatic carbocycles. The second-order valence-electron chi connectivity index (χ2n) is 2.98. The molecule has 0 aromatic heterocycles. The maximum absolute atomic E-state index is 12.8. The van der Waals surface area contributed by atoms with E-state index in [4.69, 9.17) is 5.73 Å². The Bertz CT molecular complexity index is 434. The summed E-state index contributed by atoms with van der Waals surface area (Å²) >= 11 is 0. The molecule has 0 aliphatic heterocycles. The zero-order valence-electron chi connectivity index (χ0n) is 8.35. The van der Waals surface area contributed by atoms with Crippen LogP contribution in [0.1, 0.15) is 5.56 Å². The molecule has 3 nitrogen and oxygen atoms in total. The van der Waals surface area contributed by atoms with Crippen molar-refractivity contribution in [3.05, 3.63) is 40.8 Å². The lowest BCUT2D eigenvalue weighted by Crippen LogP contribution is -2.24. The highest BCUT2D eigenvalue weighted by atomic mass is 19.2. The molecule has 6 heteroatoms. The molecule has 1 aromatic rings. The van der Waals surface area contributed by atoms with Gasteiger partial charge in [-0.2, -0.15) is 0 Å². The molecule has 0 saturated heterocycles. The Labute approximate surface area is 89.7 Å². The molecule has 86 valence electrons. The van der Waals surface area contributed by atoms with Gasteiger partial charge in [0.25, 0.3) is 5.91 Å². The second-order valence-corrected chi connectivity index (χ2v) is 2.98. The van der Waals surface area contributed by atoms with Gasteiger partial charge in [-0.3, -0.25) is 4.79 Å². The second kappa shape index (κ2) is 4.69. The molecule has 0 fully saturated rings. The third-order valence-electron chi connectivity index (χ3n) is 1.82. The van der Waals surface area contributed by atoms with Crippen LogP contribution in [0.4, 0.5) is 13.2 Å². The van der Waals surface area contributed by atoms with E-state index in [0.717, 1.165) is 18.2 Å². The average Bonchev–Trinajstić information content (AvgIpc) is 2.24. The number of carbonyl (C=O) groups excluding carboxylic acids is 1. The highest BCUT2D eigenvalue weighted by Crippen LogP contribution is 2.15. The minimum atomic E-state index is -1.56. The van der Waals surface area contributed by atoms with Crippen molar-refractivity contribution in [2.24, 2.45) is 5.73 Å². The van der Waals surface area contributed by atoms with E-state index in [-0.39, 0.29) is 11.3 Å². The number of likely N-dealkylation sites (N-methyl/N-ethyl adjacent to an activating group) is 1. The van der Waals surface area contributed by atoms with E-state index >= 15 is 0 Å². The summed E-state index contributed by atoms with van der Waals surface area (Å²) < 4.78 is 38.2. The van der Waals surface area contributed by atoms with Crippen LogP contribution in [0.5, 0.6) is 0 Å². The van der Waals surface area contributed by atoms with Gasteiger partial charge in [-0.15, -0.1) is 0 Å². The normalized spacial score (nSPS) is 11.4. The first-order chi connectivity index (χ1) is 7.45. The summed E-state index contributed by atoms with van der Waals surface area (Å²) in [6.45, 7) is 0. The quantitative estimate of drug-likeness (QED) is 0.591. The summed E-state index contributed by atoms with van der Waals surface area (Å²) in [7, 11) is 1.36. The number of nitrogens with one attached hydrogen (secondary N) is 1. The topological polar surface area (TPSA) is 55.1 Å². The number of carbonyl (C=O) groups is 1. The Kier molecular flexibility index (Phi) is 3.55. The fourth-order valence-corrected chi connectivity index (χ4v) is 1.05. The first-order valence-corrected chi connectivity index (χ1v) is 4.29. The van der Waals surface area contributed by atoms with Gasteiger partial charge in [-0.1, -0.05) is 0 Å². The molecule has 1 rings (SSSR count). The van der Waals surface area contributed by atoms with Gasteiger partial charge in [-0.05, 0) is 23.8 Å². The van der Waals surface area contributed by atoms with Gasteiger partial charge in [0, 0.05) is 7.05 Å². The van der Waals surface area contributed by atoms with Crippen molar-refractivity contribution >= 4 is 12.0 Å².